The molecule has 0 aliphatic rings. The van der Waals surface area contributed by atoms with Crippen LogP contribution in [0.3, 0.4) is 0 Å². The van der Waals surface area contributed by atoms with Crippen molar-refractivity contribution in [2.45, 2.75) is 18.3 Å². The molecule has 0 aromatic heterocycles. The van der Waals surface area contributed by atoms with Crippen molar-refractivity contribution in [1.29, 1.82) is 0 Å². The smallest absolute Gasteiger partial charge is 0.255 e. The maximum Gasteiger partial charge on any atom is 0.255 e. The summed E-state index contributed by atoms with van der Waals surface area (Å²) in [7, 11) is 4.41. The molecule has 470 valence electrons. The average molecular weight is 2200 g/mol. The molecule has 3 unspecified atom stereocenters. The molecule has 3 atom stereocenters. The number of halogens is 9. The van der Waals surface area contributed by atoms with Gasteiger partial charge in [-0.25, -0.2) is 0 Å². The van der Waals surface area contributed by atoms with Crippen LogP contribution in [0, 0.1) is 32.1 Å². The van der Waals surface area contributed by atoms with Gasteiger partial charge in [0, 0.05) is 90.8 Å². The van der Waals surface area contributed by atoms with E-state index in [2.05, 4.69) is 31.9 Å². The molecule has 0 fully saturated rings. The Kier molecular flexibility index (Phi) is 34.6. The second-order valence-electron chi connectivity index (χ2n) is 18.0. The van der Waals surface area contributed by atoms with E-state index in [1.807, 2.05) is 208 Å². The number of nitrogens with one attached hydrogen (secondary N) is 6. The van der Waals surface area contributed by atoms with Gasteiger partial charge in [-0.15, -0.1) is 0 Å². The molecule has 0 spiro atoms. The Bertz CT molecular complexity index is 2730. The Labute approximate surface area is 609 Å². The van der Waals surface area contributed by atoms with Gasteiger partial charge in [-0.05, 0) is 203 Å². The molecule has 37 heteroatoms. The topological polar surface area (TPSA) is 421 Å². The Morgan fingerprint density at radius 2 is 0.565 bits per heavy atom. The second kappa shape index (κ2) is 37.5. The number of anilines is 3. The lowest BCUT2D eigenvalue weighted by Crippen LogP contribution is -2.44. The van der Waals surface area contributed by atoms with E-state index in [1.165, 1.54) is 35.8 Å². The van der Waals surface area contributed by atoms with Gasteiger partial charge in [0.1, 0.15) is 19.8 Å². The van der Waals surface area contributed by atoms with E-state index < -0.39 is 111 Å². The Morgan fingerprint density at radius 1 is 0.353 bits per heavy atom. The molecule has 3 aromatic carbocycles. The van der Waals surface area contributed by atoms with Gasteiger partial charge in [-0.2, -0.15) is 0 Å². The number of amides is 9. The van der Waals surface area contributed by atoms with Crippen LogP contribution in [-0.4, -0.2) is 257 Å². The highest BCUT2D eigenvalue weighted by molar-refractivity contribution is 14.1. The standard InChI is InChI=1S/C48H57I9N10O18/c1-64(46(83)28-31(49)25(43(80)58-10-19(74)13-68)34(52)40(37(28)55)61-22(77)16-71)4-7-67(8-5-65(2)47(84)29-32(50)26(44(81)59-11-20(75)14-69)35(53)41(38(29)56)62-23(78)17-72)9-6-66(3)48(85)30-33(51)27(45(82)60-12-21(76)15-70)36(54)42(39(30)57)63-24(79)18-73/h19-21,68-76H,4-18H2,1-3H3,(H,58,80)(H,59,81)(H,60,82)(H,61,77)(H,62,78)(H,63,79). The number of aliphatic hydroxyl groups is 9. The fraction of sp³-hybridized carbons (Fsp3) is 0.438. The fourth-order valence-electron chi connectivity index (χ4n) is 7.20. The quantitative estimate of drug-likeness (QED) is 0.0393. The first-order chi connectivity index (χ1) is 39.9. The molecule has 0 heterocycles. The summed E-state index contributed by atoms with van der Waals surface area (Å²) in [5.74, 6) is -6.73. The zero-order chi connectivity index (χ0) is 64.5. The molecule has 0 radical (unpaired) electrons. The number of benzene rings is 3. The maximum absolute atomic E-state index is 14.7. The van der Waals surface area contributed by atoms with Crippen LogP contribution in [0.15, 0.2) is 0 Å². The predicted octanol–water partition coefficient (Wildman–Crippen LogP) is 0.0878. The summed E-state index contributed by atoms with van der Waals surface area (Å²) in [6.45, 7) is -5.98. The van der Waals surface area contributed by atoms with Crippen LogP contribution < -0.4 is 31.9 Å². The molecule has 0 saturated carbocycles. The first kappa shape index (κ1) is 78.3. The lowest BCUT2D eigenvalue weighted by molar-refractivity contribution is -0.119. The van der Waals surface area contributed by atoms with Gasteiger partial charge in [0.05, 0.1) is 110 Å². The second-order valence-corrected chi connectivity index (χ2v) is 27.7. The number of nitrogens with zero attached hydrogens (tertiary/aromatic N) is 4. The minimum absolute atomic E-state index is 0.0183. The van der Waals surface area contributed by atoms with Crippen molar-refractivity contribution in [3.05, 3.63) is 65.5 Å². The minimum atomic E-state index is -1.32. The third kappa shape index (κ3) is 21.0. The largest absolute Gasteiger partial charge is 0.394 e. The van der Waals surface area contributed by atoms with E-state index in [4.69, 9.17) is 0 Å². The summed E-state index contributed by atoms with van der Waals surface area (Å²) in [5, 5.41) is 102. The Morgan fingerprint density at radius 3 is 0.765 bits per heavy atom. The maximum atomic E-state index is 14.7. The Hall–Kier alpha value is -0.940. The van der Waals surface area contributed by atoms with E-state index in [0.717, 1.165) is 0 Å². The summed E-state index contributed by atoms with van der Waals surface area (Å²) in [6, 6.07) is 0. The van der Waals surface area contributed by atoms with Gasteiger partial charge in [0.2, 0.25) is 17.7 Å². The van der Waals surface area contributed by atoms with Crippen LogP contribution in [0.5, 0.6) is 0 Å². The van der Waals surface area contributed by atoms with Crippen molar-refractivity contribution in [2.24, 2.45) is 0 Å². The van der Waals surface area contributed by atoms with Crippen molar-refractivity contribution >= 4 is 274 Å². The minimum Gasteiger partial charge on any atom is -0.394 e. The number of carbonyl (C=O) groups is 9. The zero-order valence-corrected chi connectivity index (χ0v) is 64.1. The highest BCUT2D eigenvalue weighted by Gasteiger charge is 2.34. The summed E-state index contributed by atoms with van der Waals surface area (Å²) in [6.07, 6.45) is -3.95. The van der Waals surface area contributed by atoms with Gasteiger partial charge in [0.15, 0.2) is 0 Å². The molecular formula is C48H57I9N10O18. The summed E-state index contributed by atoms with van der Waals surface area (Å²) >= 11 is 16.4. The average Bonchev–Trinajstić information content (AvgIpc) is 3.65. The lowest BCUT2D eigenvalue weighted by atomic mass is 10.1. The van der Waals surface area contributed by atoms with Crippen molar-refractivity contribution in [2.75, 3.05) is 136 Å². The van der Waals surface area contributed by atoms with Crippen LogP contribution in [0.25, 0.3) is 0 Å². The van der Waals surface area contributed by atoms with E-state index >= 15 is 0 Å². The normalized spacial score (nSPS) is 12.2. The molecule has 9 amide bonds. The highest BCUT2D eigenvalue weighted by Crippen LogP contribution is 2.39. The molecule has 0 bridgehead atoms. The lowest BCUT2D eigenvalue weighted by Gasteiger charge is -2.30. The SMILES string of the molecule is CN(CCN(CCN(C)C(=O)c1c(I)c(NC(=O)CO)c(I)c(C(=O)NCC(O)CO)c1I)CCN(C)C(=O)c1c(I)c(NC(=O)CO)c(I)c(C(=O)NCC(O)CO)c1I)C(=O)c1c(I)c(NC(=O)CO)c(I)c(C(=O)NCC(O)CO)c1I. The van der Waals surface area contributed by atoms with Crippen molar-refractivity contribution in [3.8, 4) is 0 Å². The fourth-order valence-corrected chi connectivity index (χ4v) is 20.4. The van der Waals surface area contributed by atoms with Crippen LogP contribution in [-0.2, 0) is 14.4 Å². The van der Waals surface area contributed by atoms with Gasteiger partial charge in [0.25, 0.3) is 35.4 Å². The summed E-state index contributed by atoms with van der Waals surface area (Å²) < 4.78 is 1.68. The van der Waals surface area contributed by atoms with Crippen molar-refractivity contribution < 1.29 is 89.1 Å². The number of hydrogen-bond acceptors (Lipinski definition) is 19. The monoisotopic (exact) mass is 2200 g/mol. The number of likely N-dealkylation sites (N-methyl/N-ethyl adjacent to an activating group) is 3. The molecule has 3 rings (SSSR count). The van der Waals surface area contributed by atoms with E-state index in [0.29, 0.717) is 0 Å². The molecule has 0 saturated heterocycles. The first-order valence-electron chi connectivity index (χ1n) is 24.4. The number of rotatable bonds is 30. The van der Waals surface area contributed by atoms with Crippen LogP contribution >= 0.6 is 203 Å². The third-order valence-corrected chi connectivity index (χ3v) is 21.6. The zero-order valence-electron chi connectivity index (χ0n) is 44.7. The predicted molar refractivity (Wildman–Crippen MR) is 385 cm³/mol. The van der Waals surface area contributed by atoms with Gasteiger partial charge in [-0.3, -0.25) is 48.1 Å². The molecule has 3 aromatic rings. The van der Waals surface area contributed by atoms with Crippen LogP contribution in [0.1, 0.15) is 62.1 Å². The number of aliphatic hydroxyl groups excluding tert-OH is 9. The van der Waals surface area contributed by atoms with Gasteiger partial charge >= 0.3 is 0 Å². The summed E-state index contributed by atoms with van der Waals surface area (Å²) in [4.78, 5) is 129. The van der Waals surface area contributed by atoms with E-state index in [-0.39, 0.29) is 141 Å². The van der Waals surface area contributed by atoms with E-state index in [9.17, 15) is 89.1 Å². The van der Waals surface area contributed by atoms with Gasteiger partial charge in [-0.1, -0.05) is 0 Å². The Balaban J connectivity index is 2.19. The molecule has 0 aliphatic carbocycles. The molecule has 28 nitrogen and oxygen atoms in total. The molecular weight excluding hydrogens is 2150 g/mol. The number of carbonyl (C=O) groups excluding carboxylic acids is 9. The molecule has 15 N–H and O–H groups in total. The summed E-state index contributed by atoms with van der Waals surface area (Å²) in [5.41, 5.74) is -0.109. The van der Waals surface area contributed by atoms with Crippen molar-refractivity contribution in [1.82, 2.24) is 35.6 Å². The third-order valence-electron chi connectivity index (χ3n) is 11.9. The number of hydrogen-bond donors (Lipinski definition) is 15. The molecule has 0 aliphatic heterocycles. The van der Waals surface area contributed by atoms with Crippen molar-refractivity contribution in [3.63, 3.8) is 0 Å². The van der Waals surface area contributed by atoms with Crippen LogP contribution in [0.4, 0.5) is 17.1 Å². The van der Waals surface area contributed by atoms with E-state index in [1.54, 1.807) is 0 Å². The molecule has 85 heavy (non-hydrogen) atoms. The van der Waals surface area contributed by atoms with Gasteiger partial charge < -0.3 is 92.6 Å². The highest BCUT2D eigenvalue weighted by atomic mass is 127. The first-order valence-corrected chi connectivity index (χ1v) is 34.1. The van der Waals surface area contributed by atoms with Crippen LogP contribution in [0.2, 0.25) is 0 Å².